The fourth-order valence-electron chi connectivity index (χ4n) is 2.06. The van der Waals surface area contributed by atoms with E-state index in [0.29, 0.717) is 34.4 Å². The molecule has 0 unspecified atom stereocenters. The molecule has 112 valence electrons. The molecule has 0 fully saturated rings. The first-order valence-corrected chi connectivity index (χ1v) is 7.23. The van der Waals surface area contributed by atoms with E-state index < -0.39 is 0 Å². The minimum Gasteiger partial charge on any atom is -0.504 e. The van der Waals surface area contributed by atoms with Crippen LogP contribution in [0.4, 0.5) is 0 Å². The van der Waals surface area contributed by atoms with Crippen molar-refractivity contribution < 1.29 is 14.3 Å². The van der Waals surface area contributed by atoms with Crippen LogP contribution >= 0.6 is 11.6 Å². The average molecular weight is 316 g/mol. The molecule has 0 radical (unpaired) electrons. The van der Waals surface area contributed by atoms with Crippen LogP contribution in [0.25, 0.3) is 23.3 Å². The van der Waals surface area contributed by atoms with E-state index in [1.54, 1.807) is 42.5 Å². The second-order valence-electron chi connectivity index (χ2n) is 4.66. The third kappa shape index (κ3) is 3.07. The van der Waals surface area contributed by atoms with Gasteiger partial charge in [0.1, 0.15) is 5.52 Å². The van der Waals surface area contributed by atoms with Gasteiger partial charge in [0.05, 0.1) is 6.61 Å². The number of hydrogen-bond donors (Lipinski definition) is 1. The smallest absolute Gasteiger partial charge is 0.220 e. The Bertz CT molecular complexity index is 839. The normalized spacial score (nSPS) is 11.4. The molecule has 0 aliphatic heterocycles. The van der Waals surface area contributed by atoms with Crippen molar-refractivity contribution in [3.63, 3.8) is 0 Å². The van der Waals surface area contributed by atoms with Crippen LogP contribution < -0.4 is 4.74 Å². The number of phenols is 1. The first-order chi connectivity index (χ1) is 10.7. The Morgan fingerprint density at radius 3 is 2.91 bits per heavy atom. The van der Waals surface area contributed by atoms with Crippen molar-refractivity contribution in [2.75, 3.05) is 6.61 Å². The van der Waals surface area contributed by atoms with Crippen molar-refractivity contribution >= 4 is 34.9 Å². The molecule has 1 N–H and O–H groups in total. The van der Waals surface area contributed by atoms with E-state index in [9.17, 15) is 5.11 Å². The van der Waals surface area contributed by atoms with Gasteiger partial charge in [0.15, 0.2) is 17.1 Å². The molecule has 0 bridgehead atoms. The minimum absolute atomic E-state index is 0.121. The Labute approximate surface area is 132 Å². The molecule has 22 heavy (non-hydrogen) atoms. The van der Waals surface area contributed by atoms with Crippen LogP contribution in [-0.2, 0) is 0 Å². The minimum atomic E-state index is 0.121. The summed E-state index contributed by atoms with van der Waals surface area (Å²) in [6.45, 7) is 2.36. The fraction of sp³-hybridized carbons (Fsp3) is 0.118. The molecule has 0 amide bonds. The van der Waals surface area contributed by atoms with Gasteiger partial charge in [-0.15, -0.1) is 0 Å². The number of rotatable bonds is 4. The molecule has 2 aromatic carbocycles. The fourth-order valence-corrected chi connectivity index (χ4v) is 2.23. The van der Waals surface area contributed by atoms with Crippen LogP contribution in [0.1, 0.15) is 18.4 Å². The highest BCUT2D eigenvalue weighted by atomic mass is 35.5. The molecular formula is C17H14ClNO3. The Balaban J connectivity index is 1.87. The molecule has 0 atom stereocenters. The number of hydrogen-bond acceptors (Lipinski definition) is 4. The van der Waals surface area contributed by atoms with Crippen LogP contribution in [0.2, 0.25) is 5.02 Å². The molecule has 0 saturated carbocycles. The summed E-state index contributed by atoms with van der Waals surface area (Å²) in [5, 5.41) is 10.3. The largest absolute Gasteiger partial charge is 0.504 e. The standard InChI is InChI=1S/C17H14ClNO3/c1-2-21-16-9-11(3-6-14(16)20)4-8-17-19-13-10-12(18)5-7-15(13)22-17/h3-10,20H,2H2,1H3/b8-4+. The Morgan fingerprint density at radius 2 is 2.09 bits per heavy atom. The van der Waals surface area contributed by atoms with E-state index in [0.717, 1.165) is 5.56 Å². The molecule has 1 heterocycles. The first kappa shape index (κ1) is 14.5. The summed E-state index contributed by atoms with van der Waals surface area (Å²) in [4.78, 5) is 4.35. The Morgan fingerprint density at radius 1 is 1.23 bits per heavy atom. The number of fused-ring (bicyclic) bond motifs is 1. The number of halogens is 1. The molecule has 0 aliphatic rings. The van der Waals surface area contributed by atoms with Crippen LogP contribution in [-0.4, -0.2) is 16.7 Å². The van der Waals surface area contributed by atoms with Gasteiger partial charge in [-0.05, 0) is 48.9 Å². The zero-order chi connectivity index (χ0) is 15.5. The van der Waals surface area contributed by atoms with Crippen LogP contribution in [0, 0.1) is 0 Å². The SMILES string of the molecule is CCOc1cc(/C=C/c2nc3cc(Cl)ccc3o2)ccc1O. The lowest BCUT2D eigenvalue weighted by atomic mass is 10.2. The third-order valence-corrected chi connectivity index (χ3v) is 3.30. The lowest BCUT2D eigenvalue weighted by Gasteiger charge is -2.05. The molecule has 0 saturated heterocycles. The average Bonchev–Trinajstić information content (AvgIpc) is 2.90. The highest BCUT2D eigenvalue weighted by Gasteiger charge is 2.04. The van der Waals surface area contributed by atoms with E-state index in [2.05, 4.69) is 4.98 Å². The maximum absolute atomic E-state index is 9.68. The number of ether oxygens (including phenoxy) is 1. The highest BCUT2D eigenvalue weighted by molar-refractivity contribution is 6.31. The predicted octanol–water partition coefficient (Wildman–Crippen LogP) is 4.76. The van der Waals surface area contributed by atoms with E-state index in [1.165, 1.54) is 0 Å². The number of benzene rings is 2. The zero-order valence-electron chi connectivity index (χ0n) is 11.9. The second kappa shape index (κ2) is 6.12. The van der Waals surface area contributed by atoms with Gasteiger partial charge in [-0.1, -0.05) is 17.7 Å². The van der Waals surface area contributed by atoms with E-state index in [-0.39, 0.29) is 5.75 Å². The summed E-state index contributed by atoms with van der Waals surface area (Å²) in [6, 6.07) is 10.4. The predicted molar refractivity (Wildman–Crippen MR) is 87.2 cm³/mol. The van der Waals surface area contributed by atoms with Crippen LogP contribution in [0.15, 0.2) is 40.8 Å². The molecule has 0 spiro atoms. The molecular weight excluding hydrogens is 302 g/mol. The van der Waals surface area contributed by atoms with Gasteiger partial charge < -0.3 is 14.3 Å². The van der Waals surface area contributed by atoms with E-state index >= 15 is 0 Å². The molecule has 1 aromatic heterocycles. The van der Waals surface area contributed by atoms with Crippen LogP contribution in [0.5, 0.6) is 11.5 Å². The Hall–Kier alpha value is -2.46. The van der Waals surface area contributed by atoms with Crippen LogP contribution in [0.3, 0.4) is 0 Å². The van der Waals surface area contributed by atoms with Crippen molar-refractivity contribution in [3.05, 3.63) is 52.9 Å². The van der Waals surface area contributed by atoms with Crippen molar-refractivity contribution in [1.82, 2.24) is 4.98 Å². The molecule has 3 rings (SSSR count). The number of nitrogens with zero attached hydrogens (tertiary/aromatic N) is 1. The van der Waals surface area contributed by atoms with Crippen molar-refractivity contribution in [1.29, 1.82) is 0 Å². The summed E-state index contributed by atoms with van der Waals surface area (Å²) in [5.74, 6) is 1.06. The quantitative estimate of drug-likeness (QED) is 0.754. The summed E-state index contributed by atoms with van der Waals surface area (Å²) >= 11 is 5.93. The number of phenolic OH excluding ortho intramolecular Hbond substituents is 1. The number of aromatic hydroxyl groups is 1. The second-order valence-corrected chi connectivity index (χ2v) is 5.09. The van der Waals surface area contributed by atoms with Crippen molar-refractivity contribution in [2.24, 2.45) is 0 Å². The number of oxazole rings is 1. The first-order valence-electron chi connectivity index (χ1n) is 6.85. The van der Waals surface area contributed by atoms with E-state index in [1.807, 2.05) is 13.0 Å². The third-order valence-electron chi connectivity index (χ3n) is 3.07. The number of aromatic nitrogens is 1. The summed E-state index contributed by atoms with van der Waals surface area (Å²) in [6.07, 6.45) is 3.60. The molecule has 0 aliphatic carbocycles. The van der Waals surface area contributed by atoms with Gasteiger partial charge in [-0.2, -0.15) is 0 Å². The van der Waals surface area contributed by atoms with Gasteiger partial charge in [0, 0.05) is 11.1 Å². The lowest BCUT2D eigenvalue weighted by Crippen LogP contribution is -1.91. The maximum atomic E-state index is 9.68. The monoisotopic (exact) mass is 315 g/mol. The summed E-state index contributed by atoms with van der Waals surface area (Å²) in [7, 11) is 0. The summed E-state index contributed by atoms with van der Waals surface area (Å²) in [5.41, 5.74) is 2.28. The molecule has 3 aromatic rings. The van der Waals surface area contributed by atoms with Gasteiger partial charge >= 0.3 is 0 Å². The summed E-state index contributed by atoms with van der Waals surface area (Å²) < 4.78 is 11.0. The van der Waals surface area contributed by atoms with Crippen molar-refractivity contribution in [2.45, 2.75) is 6.92 Å². The van der Waals surface area contributed by atoms with Crippen molar-refractivity contribution in [3.8, 4) is 11.5 Å². The van der Waals surface area contributed by atoms with Gasteiger partial charge in [0.2, 0.25) is 5.89 Å². The topological polar surface area (TPSA) is 55.5 Å². The van der Waals surface area contributed by atoms with Gasteiger partial charge in [0.25, 0.3) is 0 Å². The van der Waals surface area contributed by atoms with Gasteiger partial charge in [-0.3, -0.25) is 0 Å². The highest BCUT2D eigenvalue weighted by Crippen LogP contribution is 2.28. The Kier molecular flexibility index (Phi) is 4.02. The zero-order valence-corrected chi connectivity index (χ0v) is 12.7. The maximum Gasteiger partial charge on any atom is 0.220 e. The molecule has 5 heteroatoms. The molecule has 4 nitrogen and oxygen atoms in total. The van der Waals surface area contributed by atoms with E-state index in [4.69, 9.17) is 20.8 Å². The lowest BCUT2D eigenvalue weighted by molar-refractivity contribution is 0.318. The van der Waals surface area contributed by atoms with Gasteiger partial charge in [-0.25, -0.2) is 4.98 Å².